The Labute approximate surface area is 120 Å². The second kappa shape index (κ2) is 5.51. The quantitative estimate of drug-likeness (QED) is 0.934. The van der Waals surface area contributed by atoms with Crippen molar-refractivity contribution in [2.75, 3.05) is 0 Å². The minimum Gasteiger partial charge on any atom is -0.465 e. The highest BCUT2D eigenvalue weighted by Gasteiger charge is 2.20. The lowest BCUT2D eigenvalue weighted by Crippen LogP contribution is -2.07. The maximum atomic E-state index is 10.1. The van der Waals surface area contributed by atoms with Crippen LogP contribution in [0, 0.1) is 0 Å². The molecule has 0 amide bonds. The number of nitrogens with zero attached hydrogens (tertiary/aromatic N) is 2. The number of halogens is 1. The Bertz CT molecular complexity index is 543. The van der Waals surface area contributed by atoms with Crippen molar-refractivity contribution in [2.24, 2.45) is 0 Å². The fourth-order valence-corrected chi connectivity index (χ4v) is 3.16. The minimum absolute atomic E-state index is 0.478. The van der Waals surface area contributed by atoms with Gasteiger partial charge in [0.05, 0.1) is 22.5 Å². The monoisotopic (exact) mass is 324 g/mol. The van der Waals surface area contributed by atoms with E-state index in [1.54, 1.807) is 12.3 Å². The maximum Gasteiger partial charge on any atom is 0.146 e. The van der Waals surface area contributed by atoms with E-state index in [0.717, 1.165) is 10.2 Å². The molecule has 1 N–H and O–H groups in total. The Balaban J connectivity index is 1.68. The van der Waals surface area contributed by atoms with E-state index in [0.29, 0.717) is 18.2 Å². The van der Waals surface area contributed by atoms with Crippen molar-refractivity contribution in [3.05, 3.63) is 40.5 Å². The molecule has 0 aliphatic heterocycles. The van der Waals surface area contributed by atoms with Crippen LogP contribution >= 0.6 is 15.9 Å². The van der Waals surface area contributed by atoms with Crippen molar-refractivity contribution in [3.8, 4) is 0 Å². The lowest BCUT2D eigenvalue weighted by atomic mass is 10.1. The summed E-state index contributed by atoms with van der Waals surface area (Å²) in [6.07, 6.45) is 8.43. The van der Waals surface area contributed by atoms with Gasteiger partial charge in [0.2, 0.25) is 0 Å². The first-order valence-corrected chi connectivity index (χ1v) is 7.48. The Morgan fingerprint density at radius 3 is 2.89 bits per heavy atom. The average Bonchev–Trinajstić information content (AvgIpc) is 3.07. The molecular formula is C14H17BrN2O2. The van der Waals surface area contributed by atoms with Gasteiger partial charge in [0.1, 0.15) is 11.9 Å². The Morgan fingerprint density at radius 1 is 1.42 bits per heavy atom. The molecule has 2 aromatic heterocycles. The van der Waals surface area contributed by atoms with Crippen LogP contribution < -0.4 is 0 Å². The van der Waals surface area contributed by atoms with Gasteiger partial charge in [0.15, 0.2) is 0 Å². The van der Waals surface area contributed by atoms with Crippen LogP contribution in [0.2, 0.25) is 0 Å². The van der Waals surface area contributed by atoms with E-state index in [9.17, 15) is 5.11 Å². The highest BCUT2D eigenvalue weighted by Crippen LogP contribution is 2.30. The number of rotatable bonds is 4. The maximum absolute atomic E-state index is 10.1. The third-order valence-corrected chi connectivity index (χ3v) is 4.37. The molecule has 0 spiro atoms. The molecule has 19 heavy (non-hydrogen) atoms. The van der Waals surface area contributed by atoms with Gasteiger partial charge < -0.3 is 9.52 Å². The third-order valence-electron chi connectivity index (χ3n) is 3.71. The molecule has 1 atom stereocenters. The van der Waals surface area contributed by atoms with Crippen molar-refractivity contribution in [1.29, 1.82) is 0 Å². The molecule has 2 heterocycles. The third kappa shape index (κ3) is 2.77. The van der Waals surface area contributed by atoms with Gasteiger partial charge in [-0.3, -0.25) is 4.68 Å². The van der Waals surface area contributed by atoms with Crippen molar-refractivity contribution in [1.82, 2.24) is 9.78 Å². The van der Waals surface area contributed by atoms with Crippen LogP contribution in [0.25, 0.3) is 0 Å². The zero-order chi connectivity index (χ0) is 13.2. The smallest absolute Gasteiger partial charge is 0.146 e. The number of hydrogen-bond acceptors (Lipinski definition) is 3. The van der Waals surface area contributed by atoms with E-state index in [2.05, 4.69) is 21.0 Å². The highest BCUT2D eigenvalue weighted by atomic mass is 79.9. The molecule has 5 heteroatoms. The van der Waals surface area contributed by atoms with Crippen LogP contribution in [0.1, 0.15) is 49.3 Å². The first kappa shape index (κ1) is 12.9. The number of hydrogen-bond donors (Lipinski definition) is 1. The summed E-state index contributed by atoms with van der Waals surface area (Å²) in [5.41, 5.74) is 0.905. The highest BCUT2D eigenvalue weighted by molar-refractivity contribution is 9.10. The lowest BCUT2D eigenvalue weighted by molar-refractivity contribution is 0.147. The molecule has 1 fully saturated rings. The van der Waals surface area contributed by atoms with Gasteiger partial charge in [0.25, 0.3) is 0 Å². The van der Waals surface area contributed by atoms with Crippen LogP contribution in [0.15, 0.2) is 33.5 Å². The van der Waals surface area contributed by atoms with Crippen LogP contribution in [-0.4, -0.2) is 14.9 Å². The topological polar surface area (TPSA) is 51.2 Å². The first-order valence-electron chi connectivity index (χ1n) is 6.69. The fraction of sp³-hybridized carbons (Fsp3) is 0.500. The van der Waals surface area contributed by atoms with E-state index in [1.165, 1.54) is 25.7 Å². The van der Waals surface area contributed by atoms with Gasteiger partial charge in [0, 0.05) is 12.6 Å². The molecule has 0 bridgehead atoms. The van der Waals surface area contributed by atoms with Gasteiger partial charge in [-0.25, -0.2) is 0 Å². The Morgan fingerprint density at radius 2 is 2.21 bits per heavy atom. The van der Waals surface area contributed by atoms with Crippen molar-refractivity contribution >= 4 is 15.9 Å². The average molecular weight is 325 g/mol. The zero-order valence-corrected chi connectivity index (χ0v) is 12.2. The molecule has 1 unspecified atom stereocenters. The van der Waals surface area contributed by atoms with E-state index >= 15 is 0 Å². The largest absolute Gasteiger partial charge is 0.465 e. The number of aromatic nitrogens is 2. The van der Waals surface area contributed by atoms with Crippen molar-refractivity contribution in [2.45, 2.75) is 44.2 Å². The van der Waals surface area contributed by atoms with Gasteiger partial charge in [-0.2, -0.15) is 5.10 Å². The fourth-order valence-electron chi connectivity index (χ4n) is 2.69. The standard InChI is InChI=1S/C14H17BrN2O2/c15-12-6-8-19-14(12)13(18)9-10-5-7-17(16-10)11-3-1-2-4-11/h5-8,11,13,18H,1-4,9H2. The van der Waals surface area contributed by atoms with Gasteiger partial charge in [-0.05, 0) is 40.9 Å². The lowest BCUT2D eigenvalue weighted by Gasteiger charge is -2.09. The summed E-state index contributed by atoms with van der Waals surface area (Å²) < 4.78 is 8.12. The second-order valence-electron chi connectivity index (χ2n) is 5.08. The molecule has 0 radical (unpaired) electrons. The molecule has 3 rings (SSSR count). The summed E-state index contributed by atoms with van der Waals surface area (Å²) in [7, 11) is 0. The van der Waals surface area contributed by atoms with Gasteiger partial charge in [-0.1, -0.05) is 12.8 Å². The van der Waals surface area contributed by atoms with Crippen LogP contribution in [0.5, 0.6) is 0 Å². The Kier molecular flexibility index (Phi) is 3.75. The van der Waals surface area contributed by atoms with Crippen LogP contribution in [-0.2, 0) is 6.42 Å². The molecule has 1 aliphatic rings. The van der Waals surface area contributed by atoms with Crippen molar-refractivity contribution in [3.63, 3.8) is 0 Å². The van der Waals surface area contributed by atoms with E-state index in [1.807, 2.05) is 16.9 Å². The molecule has 1 saturated carbocycles. The predicted molar refractivity (Wildman–Crippen MR) is 74.8 cm³/mol. The van der Waals surface area contributed by atoms with E-state index < -0.39 is 6.10 Å². The summed E-state index contributed by atoms with van der Waals surface area (Å²) in [4.78, 5) is 0. The summed E-state index contributed by atoms with van der Waals surface area (Å²) in [5.74, 6) is 0.565. The molecule has 102 valence electrons. The number of aliphatic hydroxyl groups excluding tert-OH is 1. The molecule has 1 aliphatic carbocycles. The molecule has 0 saturated heterocycles. The first-order chi connectivity index (χ1) is 9.24. The van der Waals surface area contributed by atoms with E-state index in [4.69, 9.17) is 4.42 Å². The second-order valence-corrected chi connectivity index (χ2v) is 5.93. The number of aliphatic hydroxyl groups is 1. The number of furan rings is 1. The van der Waals surface area contributed by atoms with Crippen LogP contribution in [0.3, 0.4) is 0 Å². The van der Waals surface area contributed by atoms with Gasteiger partial charge in [-0.15, -0.1) is 0 Å². The van der Waals surface area contributed by atoms with Crippen molar-refractivity contribution < 1.29 is 9.52 Å². The summed E-state index contributed by atoms with van der Waals surface area (Å²) in [6.45, 7) is 0. The zero-order valence-electron chi connectivity index (χ0n) is 10.6. The normalized spacial score (nSPS) is 18.0. The SMILES string of the molecule is OC(Cc1ccn(C2CCCC2)n1)c1occc1Br. The predicted octanol–water partition coefficient (Wildman–Crippen LogP) is 3.63. The summed E-state index contributed by atoms with van der Waals surface area (Å²) in [5, 5.41) is 14.7. The summed E-state index contributed by atoms with van der Waals surface area (Å²) >= 11 is 3.36. The molecule has 0 aromatic carbocycles. The Hall–Kier alpha value is -1.07. The van der Waals surface area contributed by atoms with Crippen LogP contribution in [0.4, 0.5) is 0 Å². The molecule has 4 nitrogen and oxygen atoms in total. The van der Waals surface area contributed by atoms with E-state index in [-0.39, 0.29) is 0 Å². The molecule has 2 aromatic rings. The minimum atomic E-state index is -0.656. The van der Waals surface area contributed by atoms with Gasteiger partial charge >= 0.3 is 0 Å². The summed E-state index contributed by atoms with van der Waals surface area (Å²) in [6, 6.07) is 4.31. The molecular weight excluding hydrogens is 308 g/mol.